The topological polar surface area (TPSA) is 52.6 Å². The van der Waals surface area contributed by atoms with Crippen LogP contribution in [0.3, 0.4) is 0 Å². The molecule has 0 saturated carbocycles. The molecule has 1 aromatic rings. The molecule has 1 aromatic carbocycles. The normalized spacial score (nSPS) is 18.9. The fourth-order valence-electron chi connectivity index (χ4n) is 2.96. The summed E-state index contributed by atoms with van der Waals surface area (Å²) in [6, 6.07) is 8.23. The van der Waals surface area contributed by atoms with E-state index in [0.29, 0.717) is 0 Å². The van der Waals surface area contributed by atoms with Crippen molar-refractivity contribution in [3.05, 3.63) is 35.4 Å². The van der Waals surface area contributed by atoms with Gasteiger partial charge in [-0.1, -0.05) is 29.8 Å². The molecule has 4 heteroatoms. The Hall–Kier alpha value is -1.39. The molecule has 4 nitrogen and oxygen atoms in total. The molecular formula is C16H24N2O2. The highest BCUT2D eigenvalue weighted by molar-refractivity contribution is 5.73. The summed E-state index contributed by atoms with van der Waals surface area (Å²) in [5, 5.41) is 12.1. The van der Waals surface area contributed by atoms with Crippen molar-refractivity contribution in [3.8, 4) is 0 Å². The molecule has 110 valence electrons. The van der Waals surface area contributed by atoms with Gasteiger partial charge in [0.2, 0.25) is 0 Å². The van der Waals surface area contributed by atoms with Crippen molar-refractivity contribution in [2.24, 2.45) is 5.92 Å². The van der Waals surface area contributed by atoms with E-state index >= 15 is 0 Å². The highest BCUT2D eigenvalue weighted by atomic mass is 16.4. The van der Waals surface area contributed by atoms with Crippen molar-refractivity contribution >= 4 is 5.97 Å². The number of likely N-dealkylation sites (N-methyl/N-ethyl adjacent to an activating group) is 1. The van der Waals surface area contributed by atoms with Crippen LogP contribution in [-0.2, 0) is 11.3 Å². The number of piperidine rings is 1. The molecule has 1 aliphatic heterocycles. The van der Waals surface area contributed by atoms with Crippen LogP contribution in [0, 0.1) is 12.8 Å². The monoisotopic (exact) mass is 276 g/mol. The maximum absolute atomic E-state index is 11.2. The van der Waals surface area contributed by atoms with E-state index in [1.807, 2.05) is 0 Å². The van der Waals surface area contributed by atoms with Crippen molar-refractivity contribution in [2.75, 3.05) is 20.1 Å². The minimum Gasteiger partial charge on any atom is -0.480 e. The van der Waals surface area contributed by atoms with Crippen molar-refractivity contribution in [2.45, 2.75) is 32.4 Å². The summed E-state index contributed by atoms with van der Waals surface area (Å²) in [6.45, 7) is 5.01. The van der Waals surface area contributed by atoms with Gasteiger partial charge in [-0.25, -0.2) is 0 Å². The third-order valence-corrected chi connectivity index (χ3v) is 4.21. The van der Waals surface area contributed by atoms with Crippen molar-refractivity contribution < 1.29 is 9.90 Å². The molecule has 20 heavy (non-hydrogen) atoms. The SMILES string of the molecule is CNC(C(=O)O)C1CCN(Cc2ccc(C)cc2)CC1. The van der Waals surface area contributed by atoms with Gasteiger partial charge in [-0.05, 0) is 51.4 Å². The van der Waals surface area contributed by atoms with E-state index in [0.717, 1.165) is 32.5 Å². The quantitative estimate of drug-likeness (QED) is 0.862. The van der Waals surface area contributed by atoms with Crippen LogP contribution in [0.4, 0.5) is 0 Å². The van der Waals surface area contributed by atoms with Crippen molar-refractivity contribution in [1.82, 2.24) is 10.2 Å². The number of benzene rings is 1. The third kappa shape index (κ3) is 3.81. The summed E-state index contributed by atoms with van der Waals surface area (Å²) in [4.78, 5) is 13.6. The van der Waals surface area contributed by atoms with E-state index in [1.165, 1.54) is 11.1 Å². The van der Waals surface area contributed by atoms with Crippen LogP contribution >= 0.6 is 0 Å². The van der Waals surface area contributed by atoms with E-state index in [2.05, 4.69) is 41.4 Å². The van der Waals surface area contributed by atoms with Crippen molar-refractivity contribution in [3.63, 3.8) is 0 Å². The number of carbonyl (C=O) groups is 1. The minimum absolute atomic E-state index is 0.242. The number of carboxylic acids is 1. The second kappa shape index (κ2) is 6.86. The van der Waals surface area contributed by atoms with E-state index in [-0.39, 0.29) is 5.92 Å². The number of nitrogens with one attached hydrogen (secondary N) is 1. The number of likely N-dealkylation sites (tertiary alicyclic amines) is 1. The molecule has 2 rings (SSSR count). The van der Waals surface area contributed by atoms with E-state index in [4.69, 9.17) is 0 Å². The Balaban J connectivity index is 1.85. The van der Waals surface area contributed by atoms with Gasteiger partial charge in [0.15, 0.2) is 0 Å². The van der Waals surface area contributed by atoms with Gasteiger partial charge < -0.3 is 10.4 Å². The Morgan fingerprint density at radius 2 is 1.95 bits per heavy atom. The first kappa shape index (κ1) is 15.0. The van der Waals surface area contributed by atoms with Gasteiger partial charge in [-0.15, -0.1) is 0 Å². The van der Waals surface area contributed by atoms with Crippen LogP contribution in [0.5, 0.6) is 0 Å². The van der Waals surface area contributed by atoms with Crippen LogP contribution in [0.25, 0.3) is 0 Å². The molecule has 0 radical (unpaired) electrons. The summed E-state index contributed by atoms with van der Waals surface area (Å²) in [5.41, 5.74) is 2.61. The maximum atomic E-state index is 11.2. The molecular weight excluding hydrogens is 252 g/mol. The lowest BCUT2D eigenvalue weighted by atomic mass is 9.89. The predicted molar refractivity (Wildman–Crippen MR) is 79.7 cm³/mol. The summed E-state index contributed by atoms with van der Waals surface area (Å²) in [7, 11) is 1.73. The molecule has 1 saturated heterocycles. The molecule has 0 bridgehead atoms. The Bertz CT molecular complexity index is 436. The minimum atomic E-state index is -0.732. The van der Waals surface area contributed by atoms with Gasteiger partial charge in [0, 0.05) is 6.54 Å². The second-order valence-electron chi connectivity index (χ2n) is 5.70. The number of rotatable bonds is 5. The smallest absolute Gasteiger partial charge is 0.320 e. The fourth-order valence-corrected chi connectivity index (χ4v) is 2.96. The standard InChI is InChI=1S/C16H24N2O2/c1-12-3-5-13(6-4-12)11-18-9-7-14(8-10-18)15(17-2)16(19)20/h3-6,14-15,17H,7-11H2,1-2H3,(H,19,20). The van der Waals surface area contributed by atoms with Gasteiger partial charge in [-0.3, -0.25) is 9.69 Å². The number of hydrogen-bond acceptors (Lipinski definition) is 3. The van der Waals surface area contributed by atoms with Gasteiger partial charge in [0.1, 0.15) is 6.04 Å². The first-order chi connectivity index (χ1) is 9.60. The zero-order valence-electron chi connectivity index (χ0n) is 12.3. The molecule has 1 aliphatic rings. The molecule has 1 fully saturated rings. The molecule has 0 amide bonds. The number of aryl methyl sites for hydroxylation is 1. The van der Waals surface area contributed by atoms with E-state index in [1.54, 1.807) is 7.05 Å². The number of hydrogen-bond donors (Lipinski definition) is 2. The molecule has 0 aromatic heterocycles. The first-order valence-electron chi connectivity index (χ1n) is 7.28. The summed E-state index contributed by atoms with van der Waals surface area (Å²) < 4.78 is 0. The Morgan fingerprint density at radius 3 is 2.45 bits per heavy atom. The van der Waals surface area contributed by atoms with Crippen LogP contribution in [0.1, 0.15) is 24.0 Å². The maximum Gasteiger partial charge on any atom is 0.320 e. The average molecular weight is 276 g/mol. The molecule has 0 aliphatic carbocycles. The highest BCUT2D eigenvalue weighted by Gasteiger charge is 2.29. The van der Waals surface area contributed by atoms with E-state index in [9.17, 15) is 9.90 Å². The van der Waals surface area contributed by atoms with Crippen LogP contribution in [0.15, 0.2) is 24.3 Å². The molecule has 0 spiro atoms. The molecule has 1 atom stereocenters. The predicted octanol–water partition coefficient (Wildman–Crippen LogP) is 1.88. The van der Waals surface area contributed by atoms with Gasteiger partial charge in [0.05, 0.1) is 0 Å². The zero-order valence-corrected chi connectivity index (χ0v) is 12.3. The van der Waals surface area contributed by atoms with Gasteiger partial charge in [-0.2, -0.15) is 0 Å². The summed E-state index contributed by atoms with van der Waals surface area (Å²) >= 11 is 0. The molecule has 1 heterocycles. The summed E-state index contributed by atoms with van der Waals surface area (Å²) in [6.07, 6.45) is 1.90. The number of carboxylic acid groups (broad SMARTS) is 1. The first-order valence-corrected chi connectivity index (χ1v) is 7.28. The van der Waals surface area contributed by atoms with Crippen LogP contribution in [0.2, 0.25) is 0 Å². The Kier molecular flexibility index (Phi) is 5.15. The Morgan fingerprint density at radius 1 is 1.35 bits per heavy atom. The largest absolute Gasteiger partial charge is 0.480 e. The lowest BCUT2D eigenvalue weighted by Gasteiger charge is -2.34. The van der Waals surface area contributed by atoms with Gasteiger partial charge in [0.25, 0.3) is 0 Å². The zero-order chi connectivity index (χ0) is 14.5. The second-order valence-corrected chi connectivity index (χ2v) is 5.70. The lowest BCUT2D eigenvalue weighted by molar-refractivity contribution is -0.141. The molecule has 1 unspecified atom stereocenters. The number of aliphatic carboxylic acids is 1. The third-order valence-electron chi connectivity index (χ3n) is 4.21. The average Bonchev–Trinajstić information content (AvgIpc) is 2.44. The summed E-state index contributed by atoms with van der Waals surface area (Å²) in [5.74, 6) is -0.490. The highest BCUT2D eigenvalue weighted by Crippen LogP contribution is 2.22. The number of nitrogens with zero attached hydrogens (tertiary/aromatic N) is 1. The Labute approximate surface area is 120 Å². The molecule has 2 N–H and O–H groups in total. The van der Waals surface area contributed by atoms with Crippen LogP contribution < -0.4 is 5.32 Å². The lowest BCUT2D eigenvalue weighted by Crippen LogP contribution is -2.46. The fraction of sp³-hybridized carbons (Fsp3) is 0.562. The van der Waals surface area contributed by atoms with Gasteiger partial charge >= 0.3 is 5.97 Å². The van der Waals surface area contributed by atoms with E-state index < -0.39 is 12.0 Å². The van der Waals surface area contributed by atoms with Crippen molar-refractivity contribution in [1.29, 1.82) is 0 Å². The van der Waals surface area contributed by atoms with Crippen LogP contribution in [-0.4, -0.2) is 42.2 Å².